The van der Waals surface area contributed by atoms with E-state index in [4.69, 9.17) is 9.47 Å². The van der Waals surface area contributed by atoms with E-state index in [0.29, 0.717) is 37.8 Å². The smallest absolute Gasteiger partial charge is 0.313 e. The maximum absolute atomic E-state index is 14.7. The Labute approximate surface area is 279 Å². The van der Waals surface area contributed by atoms with Crippen molar-refractivity contribution in [2.45, 2.75) is 109 Å². The number of ether oxygens (including phenoxy) is 2. The van der Waals surface area contributed by atoms with Crippen molar-refractivity contribution in [1.82, 2.24) is 15.1 Å². The van der Waals surface area contributed by atoms with Gasteiger partial charge in [-0.15, -0.1) is 13.2 Å². The number of likely N-dealkylation sites (tertiary alicyclic amines) is 1. The highest BCUT2D eigenvalue weighted by atomic mass is 16.6. The highest BCUT2D eigenvalue weighted by Crippen LogP contribution is 2.59. The Morgan fingerprint density at radius 1 is 1.19 bits per heavy atom. The number of aliphatic hydroxyl groups excluding tert-OH is 1. The lowest BCUT2D eigenvalue weighted by Crippen LogP contribution is -2.60. The molecule has 3 amide bonds. The topological polar surface area (TPSA) is 125 Å². The maximum atomic E-state index is 14.7. The minimum Gasteiger partial charge on any atom is -0.455 e. The van der Waals surface area contributed by atoms with Gasteiger partial charge in [-0.05, 0) is 50.5 Å². The molecule has 2 N–H and O–H groups in total. The second kappa shape index (κ2) is 16.1. The molecule has 0 radical (unpaired) electrons. The Morgan fingerprint density at radius 2 is 1.91 bits per heavy atom. The molecule has 1 unspecified atom stereocenters. The van der Waals surface area contributed by atoms with Crippen LogP contribution in [-0.2, 0) is 28.7 Å². The van der Waals surface area contributed by atoms with E-state index in [1.807, 2.05) is 51.1 Å². The molecule has 0 aromatic heterocycles. The molecule has 3 aliphatic rings. The number of esters is 1. The van der Waals surface area contributed by atoms with E-state index in [1.54, 1.807) is 17.1 Å². The van der Waals surface area contributed by atoms with E-state index >= 15 is 0 Å². The lowest BCUT2D eigenvalue weighted by molar-refractivity contribution is -0.161. The monoisotopic (exact) mass is 651 g/mol. The summed E-state index contributed by atoms with van der Waals surface area (Å²) in [6.45, 7) is 15.7. The fourth-order valence-corrected chi connectivity index (χ4v) is 7.85. The molecule has 0 saturated carbocycles. The Balaban J connectivity index is 1.69. The van der Waals surface area contributed by atoms with Gasteiger partial charge in [-0.1, -0.05) is 69.7 Å². The van der Waals surface area contributed by atoms with Crippen molar-refractivity contribution in [3.63, 3.8) is 0 Å². The second-order valence-corrected chi connectivity index (χ2v) is 13.7. The molecule has 2 bridgehead atoms. The van der Waals surface area contributed by atoms with E-state index in [1.165, 1.54) is 4.90 Å². The highest BCUT2D eigenvalue weighted by molar-refractivity contribution is 5.98. The molecule has 258 valence electrons. The van der Waals surface area contributed by atoms with Crippen molar-refractivity contribution in [3.05, 3.63) is 61.2 Å². The molecule has 4 rings (SSSR count). The summed E-state index contributed by atoms with van der Waals surface area (Å²) in [4.78, 5) is 59.2. The number of aliphatic hydroxyl groups is 1. The summed E-state index contributed by atoms with van der Waals surface area (Å²) in [5.41, 5.74) is -0.516. The number of nitrogens with one attached hydrogen (secondary N) is 1. The van der Waals surface area contributed by atoms with Gasteiger partial charge in [0.05, 0.1) is 37.1 Å². The normalized spacial score (nSPS) is 26.4. The van der Waals surface area contributed by atoms with Crippen LogP contribution in [0.1, 0.15) is 84.3 Å². The molecule has 8 atom stereocenters. The molecule has 0 aliphatic carbocycles. The van der Waals surface area contributed by atoms with Gasteiger partial charge < -0.3 is 29.7 Å². The predicted octanol–water partition coefficient (Wildman–Crippen LogP) is 4.34. The molecular weight excluding hydrogens is 598 g/mol. The Morgan fingerprint density at radius 3 is 2.53 bits per heavy atom. The van der Waals surface area contributed by atoms with Crippen LogP contribution in [0.3, 0.4) is 0 Å². The van der Waals surface area contributed by atoms with Crippen molar-refractivity contribution >= 4 is 23.7 Å². The van der Waals surface area contributed by atoms with Crippen LogP contribution in [0.2, 0.25) is 0 Å². The number of allylic oxidation sites excluding steroid dienone is 1. The first kappa shape index (κ1) is 36.3. The van der Waals surface area contributed by atoms with Gasteiger partial charge in [-0.3, -0.25) is 19.2 Å². The summed E-state index contributed by atoms with van der Waals surface area (Å²) >= 11 is 0. The van der Waals surface area contributed by atoms with Gasteiger partial charge in [-0.2, -0.15) is 0 Å². The third-order valence-corrected chi connectivity index (χ3v) is 9.93. The number of hydrogen-bond donors (Lipinski definition) is 2. The standard InChI is InChI=1S/C37H53N3O7/c1-7-10-17-30(42)38-22-29(26-15-12-11-13-16-26)46-36(45)31-28-18-19-37(47-28)32(31)34(43)40(27(23-41)21-24(4)5)33(37)35(44)39(20-9-3)25(6)14-8-2/h7,9,11-13,15-16,24-25,27-29,31-33,41H,1,3,8,10,14,17-23H2,2,4-6H3,(H,38,42)/t25?,27-,28-,29-,31+,32+,33-,37+/m1/s1. The third-order valence-electron chi connectivity index (χ3n) is 9.93. The van der Waals surface area contributed by atoms with Gasteiger partial charge in [0, 0.05) is 19.0 Å². The van der Waals surface area contributed by atoms with E-state index in [0.717, 1.165) is 12.8 Å². The number of amides is 3. The molecule has 47 heavy (non-hydrogen) atoms. The number of benzene rings is 1. The molecule has 10 nitrogen and oxygen atoms in total. The summed E-state index contributed by atoms with van der Waals surface area (Å²) in [5, 5.41) is 13.4. The number of nitrogens with zero attached hydrogens (tertiary/aromatic N) is 2. The summed E-state index contributed by atoms with van der Waals surface area (Å²) in [5.74, 6) is -3.11. The Hall–Kier alpha value is -3.50. The number of carbonyl (C=O) groups is 4. The van der Waals surface area contributed by atoms with Crippen LogP contribution in [0, 0.1) is 17.8 Å². The van der Waals surface area contributed by atoms with E-state index in [9.17, 15) is 24.3 Å². The fourth-order valence-electron chi connectivity index (χ4n) is 7.85. The van der Waals surface area contributed by atoms with Crippen molar-refractivity contribution in [3.8, 4) is 0 Å². The molecule has 1 aromatic carbocycles. The SMILES string of the molecule is C=CCCC(=O)NC[C@@H](OC(=O)[C@@H]1[C@H]2C(=O)N([C@@H](CO)CC(C)C)[C@H](C(=O)N(CC=C)C(C)CCC)[C@]23CC[C@H]1O3)c1ccccc1. The van der Waals surface area contributed by atoms with Crippen LogP contribution in [0.4, 0.5) is 0 Å². The second-order valence-electron chi connectivity index (χ2n) is 13.7. The van der Waals surface area contributed by atoms with Gasteiger partial charge >= 0.3 is 5.97 Å². The molecule has 3 heterocycles. The van der Waals surface area contributed by atoms with Gasteiger partial charge in [-0.25, -0.2) is 0 Å². The zero-order valence-electron chi connectivity index (χ0n) is 28.4. The van der Waals surface area contributed by atoms with Crippen LogP contribution in [0.15, 0.2) is 55.6 Å². The zero-order valence-corrected chi connectivity index (χ0v) is 28.4. The van der Waals surface area contributed by atoms with Crippen molar-refractivity contribution < 1.29 is 33.8 Å². The Kier molecular flexibility index (Phi) is 12.4. The fraction of sp³-hybridized carbons (Fsp3) is 0.622. The molecule has 3 aliphatic heterocycles. The maximum Gasteiger partial charge on any atom is 0.313 e. The first-order chi connectivity index (χ1) is 22.5. The van der Waals surface area contributed by atoms with Crippen LogP contribution >= 0.6 is 0 Å². The van der Waals surface area contributed by atoms with E-state index < -0.39 is 47.7 Å². The molecule has 1 aromatic rings. The van der Waals surface area contributed by atoms with E-state index in [-0.39, 0.29) is 49.3 Å². The molecular formula is C37H53N3O7. The molecule has 3 fully saturated rings. The summed E-state index contributed by atoms with van der Waals surface area (Å²) in [6, 6.07) is 7.45. The van der Waals surface area contributed by atoms with Crippen molar-refractivity contribution in [2.24, 2.45) is 17.8 Å². The average Bonchev–Trinajstić information content (AvgIpc) is 3.70. The number of carbonyl (C=O) groups excluding carboxylic acids is 4. The van der Waals surface area contributed by atoms with Gasteiger partial charge in [0.15, 0.2) is 0 Å². The first-order valence-electron chi connectivity index (χ1n) is 17.2. The molecule has 10 heteroatoms. The van der Waals surface area contributed by atoms with Crippen LogP contribution < -0.4 is 5.32 Å². The minimum absolute atomic E-state index is 0.0633. The van der Waals surface area contributed by atoms with Crippen LogP contribution in [0.5, 0.6) is 0 Å². The summed E-state index contributed by atoms with van der Waals surface area (Å²) in [7, 11) is 0. The Bertz CT molecular complexity index is 1290. The van der Waals surface area contributed by atoms with Gasteiger partial charge in [0.2, 0.25) is 17.7 Å². The number of fused-ring (bicyclic) bond motifs is 1. The number of rotatable bonds is 18. The predicted molar refractivity (Wildman–Crippen MR) is 179 cm³/mol. The lowest BCUT2D eigenvalue weighted by atomic mass is 9.70. The molecule has 3 saturated heterocycles. The van der Waals surface area contributed by atoms with Gasteiger partial charge in [0.1, 0.15) is 17.7 Å². The van der Waals surface area contributed by atoms with Gasteiger partial charge in [0.25, 0.3) is 0 Å². The minimum atomic E-state index is -1.22. The lowest BCUT2D eigenvalue weighted by Gasteiger charge is -2.41. The van der Waals surface area contributed by atoms with Crippen LogP contribution in [-0.4, -0.2) is 88.1 Å². The number of hydrogen-bond acceptors (Lipinski definition) is 7. The quantitative estimate of drug-likeness (QED) is 0.179. The average molecular weight is 652 g/mol. The largest absolute Gasteiger partial charge is 0.455 e. The van der Waals surface area contributed by atoms with Crippen molar-refractivity contribution in [2.75, 3.05) is 19.7 Å². The van der Waals surface area contributed by atoms with Crippen molar-refractivity contribution in [1.29, 1.82) is 0 Å². The first-order valence-corrected chi connectivity index (χ1v) is 17.2. The highest BCUT2D eigenvalue weighted by Gasteiger charge is 2.75. The van der Waals surface area contributed by atoms with E-state index in [2.05, 4.69) is 25.4 Å². The summed E-state index contributed by atoms with van der Waals surface area (Å²) < 4.78 is 12.8. The van der Waals surface area contributed by atoms with Crippen LogP contribution in [0.25, 0.3) is 0 Å². The zero-order chi connectivity index (χ0) is 34.3. The summed E-state index contributed by atoms with van der Waals surface area (Å²) in [6.07, 6.45) is 5.84. The third kappa shape index (κ3) is 7.49. The molecule has 1 spiro atoms.